The second-order valence-corrected chi connectivity index (χ2v) is 5.58. The maximum absolute atomic E-state index is 10.9. The van der Waals surface area contributed by atoms with Crippen LogP contribution in [0.3, 0.4) is 0 Å². The number of carboxylic acid groups (broad SMARTS) is 1. The molecule has 0 aromatic heterocycles. The lowest BCUT2D eigenvalue weighted by atomic mass is 10.1. The van der Waals surface area contributed by atoms with E-state index >= 15 is 0 Å². The van der Waals surface area contributed by atoms with Gasteiger partial charge in [-0.3, -0.25) is 15.0 Å². The van der Waals surface area contributed by atoms with E-state index in [4.69, 9.17) is 5.11 Å². The number of amides is 1. The Balaban J connectivity index is 1.65. The smallest absolute Gasteiger partial charge is 0.407 e. The Kier molecular flexibility index (Phi) is 3.50. The first-order valence-corrected chi connectivity index (χ1v) is 7.02. The van der Waals surface area contributed by atoms with Gasteiger partial charge in [0.15, 0.2) is 0 Å². The lowest BCUT2D eigenvalue weighted by Gasteiger charge is -2.36. The fourth-order valence-electron chi connectivity index (χ4n) is 3.23. The van der Waals surface area contributed by atoms with E-state index in [9.17, 15) is 14.9 Å². The van der Waals surface area contributed by atoms with Crippen molar-refractivity contribution in [2.24, 2.45) is 0 Å². The molecule has 21 heavy (non-hydrogen) atoms. The molecule has 1 aliphatic carbocycles. The summed E-state index contributed by atoms with van der Waals surface area (Å²) < 4.78 is 0. The van der Waals surface area contributed by atoms with Crippen molar-refractivity contribution in [2.75, 3.05) is 26.2 Å². The Hall–Kier alpha value is -2.15. The largest absolute Gasteiger partial charge is 0.465 e. The van der Waals surface area contributed by atoms with E-state index in [1.807, 2.05) is 6.07 Å². The number of hydrogen-bond acceptors (Lipinski definition) is 4. The fraction of sp³-hybridized carbons (Fsp3) is 0.500. The molecule has 7 nitrogen and oxygen atoms in total. The van der Waals surface area contributed by atoms with Gasteiger partial charge < -0.3 is 10.0 Å². The van der Waals surface area contributed by atoms with Crippen LogP contribution in [-0.4, -0.2) is 58.1 Å². The van der Waals surface area contributed by atoms with Gasteiger partial charge in [-0.25, -0.2) is 4.79 Å². The van der Waals surface area contributed by atoms with E-state index in [2.05, 4.69) is 4.90 Å². The Labute approximate surface area is 121 Å². The number of nitro benzene ring substituents is 1. The summed E-state index contributed by atoms with van der Waals surface area (Å²) in [7, 11) is 0. The number of non-ortho nitro benzene ring substituents is 1. The average molecular weight is 291 g/mol. The van der Waals surface area contributed by atoms with Crippen molar-refractivity contribution in [1.82, 2.24) is 9.80 Å². The quantitative estimate of drug-likeness (QED) is 0.656. The Morgan fingerprint density at radius 3 is 2.48 bits per heavy atom. The standard InChI is InChI=1S/C14H17N3O4/c18-14(19)16-5-3-15(4-6-16)13-7-10-1-2-12(17(20)21)8-11(10)9-13/h1-2,8,13H,3-7,9H2,(H,18,19). The van der Waals surface area contributed by atoms with Crippen LogP contribution in [0.15, 0.2) is 18.2 Å². The first kappa shape index (κ1) is 13.8. The number of hydrogen-bond donors (Lipinski definition) is 1. The number of piperazine rings is 1. The summed E-state index contributed by atoms with van der Waals surface area (Å²) in [5, 5.41) is 19.8. The number of rotatable bonds is 2. The van der Waals surface area contributed by atoms with E-state index in [1.54, 1.807) is 12.1 Å². The maximum Gasteiger partial charge on any atom is 0.407 e. The number of carbonyl (C=O) groups is 1. The van der Waals surface area contributed by atoms with E-state index in [0.29, 0.717) is 19.1 Å². The van der Waals surface area contributed by atoms with Crippen molar-refractivity contribution in [2.45, 2.75) is 18.9 Å². The van der Waals surface area contributed by atoms with Crippen molar-refractivity contribution in [1.29, 1.82) is 0 Å². The molecule has 1 fully saturated rings. The molecule has 1 aliphatic heterocycles. The second kappa shape index (κ2) is 5.33. The van der Waals surface area contributed by atoms with E-state index in [-0.39, 0.29) is 10.6 Å². The SMILES string of the molecule is O=C(O)N1CCN(C2Cc3ccc([N+](=O)[O-])cc3C2)CC1. The zero-order valence-corrected chi connectivity index (χ0v) is 11.6. The molecule has 1 aromatic carbocycles. The molecule has 0 spiro atoms. The zero-order valence-electron chi connectivity index (χ0n) is 11.6. The summed E-state index contributed by atoms with van der Waals surface area (Å²) in [6.07, 6.45) is 0.838. The highest BCUT2D eigenvalue weighted by atomic mass is 16.6. The fourth-order valence-corrected chi connectivity index (χ4v) is 3.23. The molecular weight excluding hydrogens is 274 g/mol. The van der Waals surface area contributed by atoms with Crippen molar-refractivity contribution >= 4 is 11.8 Å². The summed E-state index contributed by atoms with van der Waals surface area (Å²) in [5.41, 5.74) is 2.37. The van der Waals surface area contributed by atoms with Crippen molar-refractivity contribution in [3.8, 4) is 0 Å². The topological polar surface area (TPSA) is 86.9 Å². The van der Waals surface area contributed by atoms with Gasteiger partial charge in [-0.05, 0) is 24.0 Å². The van der Waals surface area contributed by atoms with Crippen LogP contribution in [0.4, 0.5) is 10.5 Å². The predicted molar refractivity (Wildman–Crippen MR) is 75.5 cm³/mol. The first-order chi connectivity index (χ1) is 10.0. The number of benzene rings is 1. The molecule has 0 radical (unpaired) electrons. The van der Waals surface area contributed by atoms with Gasteiger partial charge in [-0.15, -0.1) is 0 Å². The van der Waals surface area contributed by atoms with Gasteiger partial charge in [0.2, 0.25) is 0 Å². The minimum atomic E-state index is -0.861. The molecule has 0 saturated carbocycles. The van der Waals surface area contributed by atoms with Crippen LogP contribution in [0.5, 0.6) is 0 Å². The third-order valence-electron chi connectivity index (χ3n) is 4.41. The summed E-state index contributed by atoms with van der Waals surface area (Å²) >= 11 is 0. The van der Waals surface area contributed by atoms with Gasteiger partial charge in [-0.1, -0.05) is 6.07 Å². The molecule has 2 aliphatic rings. The third kappa shape index (κ3) is 2.69. The predicted octanol–water partition coefficient (Wildman–Crippen LogP) is 1.36. The van der Waals surface area contributed by atoms with Crippen molar-refractivity contribution < 1.29 is 14.8 Å². The van der Waals surface area contributed by atoms with E-state index in [0.717, 1.165) is 31.5 Å². The van der Waals surface area contributed by atoms with Gasteiger partial charge in [0.05, 0.1) is 4.92 Å². The van der Waals surface area contributed by atoms with Crippen LogP contribution in [0.2, 0.25) is 0 Å². The average Bonchev–Trinajstić information content (AvgIpc) is 2.90. The molecule has 3 rings (SSSR count). The van der Waals surface area contributed by atoms with Crippen LogP contribution >= 0.6 is 0 Å². The van der Waals surface area contributed by atoms with E-state index in [1.165, 1.54) is 10.5 Å². The van der Waals surface area contributed by atoms with Gasteiger partial charge in [-0.2, -0.15) is 0 Å². The monoisotopic (exact) mass is 291 g/mol. The van der Waals surface area contributed by atoms with Gasteiger partial charge in [0.25, 0.3) is 5.69 Å². The lowest BCUT2D eigenvalue weighted by Crippen LogP contribution is -2.51. The molecule has 112 valence electrons. The summed E-state index contributed by atoms with van der Waals surface area (Å²) in [5.74, 6) is 0. The molecule has 1 aromatic rings. The Morgan fingerprint density at radius 2 is 1.86 bits per heavy atom. The molecular formula is C14H17N3O4. The van der Waals surface area contributed by atoms with Gasteiger partial charge >= 0.3 is 6.09 Å². The molecule has 1 heterocycles. The number of fused-ring (bicyclic) bond motifs is 1. The first-order valence-electron chi connectivity index (χ1n) is 7.02. The number of nitrogens with zero attached hydrogens (tertiary/aromatic N) is 3. The van der Waals surface area contributed by atoms with Crippen molar-refractivity contribution in [3.63, 3.8) is 0 Å². The normalized spacial score (nSPS) is 22.1. The van der Waals surface area contributed by atoms with Crippen LogP contribution in [0.25, 0.3) is 0 Å². The summed E-state index contributed by atoms with van der Waals surface area (Å²) in [6, 6.07) is 5.41. The van der Waals surface area contributed by atoms with Crippen LogP contribution in [0.1, 0.15) is 11.1 Å². The Bertz CT molecular complexity index is 582. The third-order valence-corrected chi connectivity index (χ3v) is 4.41. The van der Waals surface area contributed by atoms with Crippen LogP contribution < -0.4 is 0 Å². The van der Waals surface area contributed by atoms with Gasteiger partial charge in [0, 0.05) is 44.4 Å². The van der Waals surface area contributed by atoms with Crippen LogP contribution in [0, 0.1) is 10.1 Å². The minimum Gasteiger partial charge on any atom is -0.465 e. The molecule has 0 bridgehead atoms. The summed E-state index contributed by atoms with van der Waals surface area (Å²) in [6.45, 7) is 2.52. The van der Waals surface area contributed by atoms with Crippen molar-refractivity contribution in [3.05, 3.63) is 39.4 Å². The number of nitro groups is 1. The van der Waals surface area contributed by atoms with E-state index < -0.39 is 6.09 Å². The highest BCUT2D eigenvalue weighted by Gasteiger charge is 2.31. The lowest BCUT2D eigenvalue weighted by molar-refractivity contribution is -0.384. The zero-order chi connectivity index (χ0) is 15.0. The highest BCUT2D eigenvalue weighted by molar-refractivity contribution is 5.65. The van der Waals surface area contributed by atoms with Crippen LogP contribution in [-0.2, 0) is 12.8 Å². The molecule has 1 atom stereocenters. The second-order valence-electron chi connectivity index (χ2n) is 5.58. The molecule has 1 amide bonds. The highest BCUT2D eigenvalue weighted by Crippen LogP contribution is 2.29. The molecule has 7 heteroatoms. The molecule has 1 N–H and O–H groups in total. The minimum absolute atomic E-state index is 0.144. The molecule has 1 saturated heterocycles. The molecule has 1 unspecified atom stereocenters. The summed E-state index contributed by atoms with van der Waals surface area (Å²) in [4.78, 5) is 25.1. The van der Waals surface area contributed by atoms with Gasteiger partial charge in [0.1, 0.15) is 0 Å². The maximum atomic E-state index is 10.9. The Morgan fingerprint density at radius 1 is 1.19 bits per heavy atom.